The summed E-state index contributed by atoms with van der Waals surface area (Å²) in [4.78, 5) is 21.0. The number of ether oxygens (including phenoxy) is 1. The number of hydrogen-bond donors (Lipinski definition) is 3. The van der Waals surface area contributed by atoms with Crippen molar-refractivity contribution in [2.75, 3.05) is 5.43 Å². The van der Waals surface area contributed by atoms with Gasteiger partial charge in [-0.15, -0.1) is 13.2 Å². The lowest BCUT2D eigenvalue weighted by Gasteiger charge is -2.12. The molecule has 0 heterocycles. The van der Waals surface area contributed by atoms with Crippen LogP contribution in [0.3, 0.4) is 0 Å². The molecule has 0 saturated heterocycles. The molecule has 0 saturated carbocycles. The molecule has 1 aromatic rings. The third kappa shape index (κ3) is 4.48. The fourth-order valence-corrected chi connectivity index (χ4v) is 1.08. The first-order valence-electron chi connectivity index (χ1n) is 4.86. The molecule has 0 unspecified atom stereocenters. The van der Waals surface area contributed by atoms with Crippen molar-refractivity contribution in [2.45, 2.75) is 6.36 Å². The molecule has 10 heteroatoms. The van der Waals surface area contributed by atoms with Crippen LogP contribution in [-0.4, -0.2) is 34.2 Å². The van der Waals surface area contributed by atoms with E-state index >= 15 is 0 Å². The highest BCUT2D eigenvalue weighted by atomic mass is 19.4. The normalized spacial score (nSPS) is 10.6. The van der Waals surface area contributed by atoms with Crippen molar-refractivity contribution >= 4 is 23.3 Å². The first kappa shape index (κ1) is 15.3. The second-order valence-corrected chi connectivity index (χ2v) is 3.23. The van der Waals surface area contributed by atoms with E-state index in [2.05, 4.69) is 9.84 Å². The van der Waals surface area contributed by atoms with E-state index in [-0.39, 0.29) is 5.69 Å². The summed E-state index contributed by atoms with van der Waals surface area (Å²) in [5, 5.41) is 20.0. The highest BCUT2D eigenvalue weighted by Gasteiger charge is 2.32. The average molecular weight is 292 g/mol. The smallest absolute Gasteiger partial charge is 0.476 e. The third-order valence-corrected chi connectivity index (χ3v) is 1.81. The van der Waals surface area contributed by atoms with Crippen molar-refractivity contribution in [3.05, 3.63) is 24.3 Å². The number of alkyl halides is 3. The Morgan fingerprint density at radius 2 is 1.70 bits per heavy atom. The van der Waals surface area contributed by atoms with Crippen molar-refractivity contribution in [2.24, 2.45) is 5.10 Å². The molecule has 1 aromatic carbocycles. The molecule has 0 aromatic heterocycles. The predicted molar refractivity (Wildman–Crippen MR) is 59.5 cm³/mol. The number of carboxylic acids is 2. The van der Waals surface area contributed by atoms with Crippen LogP contribution < -0.4 is 10.2 Å². The summed E-state index contributed by atoms with van der Waals surface area (Å²) in [5.74, 6) is -4.38. The van der Waals surface area contributed by atoms with Crippen molar-refractivity contribution < 1.29 is 37.7 Å². The van der Waals surface area contributed by atoms with Gasteiger partial charge in [-0.2, -0.15) is 5.10 Å². The maximum Gasteiger partial charge on any atom is 0.573 e. The quantitative estimate of drug-likeness (QED) is 0.431. The zero-order valence-electron chi connectivity index (χ0n) is 9.51. The summed E-state index contributed by atoms with van der Waals surface area (Å²) in [6.45, 7) is 0. The van der Waals surface area contributed by atoms with E-state index in [0.717, 1.165) is 12.1 Å². The van der Waals surface area contributed by atoms with E-state index in [1.807, 2.05) is 5.43 Å². The lowest BCUT2D eigenvalue weighted by atomic mass is 10.3. The number of carbonyl (C=O) groups is 2. The fraction of sp³-hybridized carbons (Fsp3) is 0.100. The summed E-state index contributed by atoms with van der Waals surface area (Å²) >= 11 is 0. The van der Waals surface area contributed by atoms with Gasteiger partial charge < -0.3 is 14.9 Å². The molecule has 0 atom stereocenters. The number of nitrogens with zero attached hydrogens (tertiary/aromatic N) is 1. The summed E-state index contributed by atoms with van der Waals surface area (Å²) in [5.41, 5.74) is 0.272. The van der Waals surface area contributed by atoms with Crippen molar-refractivity contribution in [1.82, 2.24) is 0 Å². The topological polar surface area (TPSA) is 108 Å². The van der Waals surface area contributed by atoms with E-state index in [0.29, 0.717) is 0 Å². The molecule has 0 aliphatic carbocycles. The van der Waals surface area contributed by atoms with Crippen LogP contribution in [0.2, 0.25) is 0 Å². The van der Waals surface area contributed by atoms with Crippen LogP contribution in [0, 0.1) is 0 Å². The molecule has 0 amide bonds. The molecule has 0 bridgehead atoms. The first-order chi connectivity index (χ1) is 9.20. The van der Waals surface area contributed by atoms with E-state index in [9.17, 15) is 22.8 Å². The van der Waals surface area contributed by atoms with E-state index in [4.69, 9.17) is 10.2 Å². The van der Waals surface area contributed by atoms with Gasteiger partial charge in [-0.1, -0.05) is 12.1 Å². The minimum Gasteiger partial charge on any atom is -0.476 e. The van der Waals surface area contributed by atoms with Crippen molar-refractivity contribution in [3.63, 3.8) is 0 Å². The molecule has 1 rings (SSSR count). The third-order valence-electron chi connectivity index (χ3n) is 1.81. The number of halogens is 3. The zero-order chi connectivity index (χ0) is 15.3. The first-order valence-corrected chi connectivity index (χ1v) is 4.86. The summed E-state index contributed by atoms with van der Waals surface area (Å²) < 4.78 is 40.0. The Balaban J connectivity index is 3.01. The summed E-state index contributed by atoms with van der Waals surface area (Å²) in [6, 6.07) is 4.62. The Kier molecular flexibility index (Phi) is 4.51. The van der Waals surface area contributed by atoms with Crippen LogP contribution in [-0.2, 0) is 9.59 Å². The van der Waals surface area contributed by atoms with Crippen molar-refractivity contribution in [3.8, 4) is 5.75 Å². The maximum absolute atomic E-state index is 12.1. The Morgan fingerprint density at radius 1 is 1.15 bits per heavy atom. The Morgan fingerprint density at radius 3 is 2.20 bits per heavy atom. The van der Waals surface area contributed by atoms with Gasteiger partial charge in [-0.25, -0.2) is 9.59 Å². The lowest BCUT2D eigenvalue weighted by molar-refractivity contribution is -0.274. The van der Waals surface area contributed by atoms with Gasteiger partial charge in [0.1, 0.15) is 0 Å². The number of para-hydroxylation sites is 2. The second kappa shape index (κ2) is 5.91. The van der Waals surface area contributed by atoms with Gasteiger partial charge in [0.05, 0.1) is 5.69 Å². The van der Waals surface area contributed by atoms with Crippen molar-refractivity contribution in [1.29, 1.82) is 0 Å². The van der Waals surface area contributed by atoms with Crippen LogP contribution in [0.1, 0.15) is 0 Å². The standard InChI is InChI=1S/C10H7F3N2O5/c11-10(12,13)20-6-4-2-1-3-5(6)14-15-7(8(16)17)9(18)19/h1-4,14H,(H,16,17)(H,18,19). The number of aliphatic carboxylic acids is 2. The number of rotatable bonds is 5. The number of hydrazone groups is 1. The van der Waals surface area contributed by atoms with Gasteiger partial charge in [0.25, 0.3) is 5.71 Å². The highest BCUT2D eigenvalue weighted by molar-refractivity contribution is 6.61. The molecule has 0 aliphatic rings. The van der Waals surface area contributed by atoms with Gasteiger partial charge in [-0.05, 0) is 12.1 Å². The van der Waals surface area contributed by atoms with Crippen LogP contribution in [0.4, 0.5) is 18.9 Å². The van der Waals surface area contributed by atoms with E-state index in [1.165, 1.54) is 12.1 Å². The largest absolute Gasteiger partial charge is 0.573 e. The number of benzene rings is 1. The summed E-state index contributed by atoms with van der Waals surface area (Å²) in [7, 11) is 0. The van der Waals surface area contributed by atoms with Gasteiger partial charge >= 0.3 is 18.3 Å². The molecule has 0 aliphatic heterocycles. The SMILES string of the molecule is O=C(O)C(=NNc1ccccc1OC(F)(F)F)C(=O)O. The Hall–Kier alpha value is -2.78. The van der Waals surface area contributed by atoms with Crippen LogP contribution >= 0.6 is 0 Å². The number of hydrogen-bond acceptors (Lipinski definition) is 5. The Labute approximate surface area is 109 Å². The molecule has 3 N–H and O–H groups in total. The monoisotopic (exact) mass is 292 g/mol. The molecule has 108 valence electrons. The molecule has 7 nitrogen and oxygen atoms in total. The maximum atomic E-state index is 12.1. The van der Waals surface area contributed by atoms with Gasteiger partial charge in [0.15, 0.2) is 5.75 Å². The van der Waals surface area contributed by atoms with Crippen LogP contribution in [0.15, 0.2) is 29.4 Å². The van der Waals surface area contributed by atoms with Gasteiger partial charge in [0, 0.05) is 0 Å². The Bertz CT molecular complexity index is 540. The minimum absolute atomic E-state index is 0.343. The fourth-order valence-electron chi connectivity index (χ4n) is 1.08. The predicted octanol–water partition coefficient (Wildman–Crippen LogP) is 1.52. The molecule has 20 heavy (non-hydrogen) atoms. The molecule has 0 radical (unpaired) electrons. The molecule has 0 fully saturated rings. The lowest BCUT2D eigenvalue weighted by Crippen LogP contribution is -2.24. The van der Waals surface area contributed by atoms with Crippen LogP contribution in [0.5, 0.6) is 5.75 Å². The van der Waals surface area contributed by atoms with E-state index < -0.39 is 29.8 Å². The average Bonchev–Trinajstić information content (AvgIpc) is 2.28. The highest BCUT2D eigenvalue weighted by Crippen LogP contribution is 2.29. The zero-order valence-corrected chi connectivity index (χ0v) is 9.51. The van der Waals surface area contributed by atoms with Gasteiger partial charge in [0.2, 0.25) is 0 Å². The molecular formula is C10H7F3N2O5. The minimum atomic E-state index is -4.95. The number of anilines is 1. The van der Waals surface area contributed by atoms with E-state index in [1.54, 1.807) is 0 Å². The van der Waals surface area contributed by atoms with Crippen LogP contribution in [0.25, 0.3) is 0 Å². The number of nitrogens with one attached hydrogen (secondary N) is 1. The summed E-state index contributed by atoms with van der Waals surface area (Å²) in [6.07, 6.45) is -4.95. The second-order valence-electron chi connectivity index (χ2n) is 3.23. The molecular weight excluding hydrogens is 285 g/mol. The number of carboxylic acid groups (broad SMARTS) is 2. The molecule has 0 spiro atoms. The van der Waals surface area contributed by atoms with Gasteiger partial charge in [-0.3, -0.25) is 5.43 Å².